The third-order valence-electron chi connectivity index (χ3n) is 5.01. The Morgan fingerprint density at radius 1 is 1.21 bits per heavy atom. The van der Waals surface area contributed by atoms with Crippen molar-refractivity contribution in [2.75, 3.05) is 0 Å². The average Bonchev–Trinajstić information content (AvgIpc) is 3.19. The number of aromatic nitrogens is 2. The number of nitrogens with zero attached hydrogens (tertiary/aromatic N) is 2. The van der Waals surface area contributed by atoms with Crippen LogP contribution in [0.5, 0.6) is 0 Å². The molecule has 1 aliphatic rings. The first-order chi connectivity index (χ1) is 13.8. The van der Waals surface area contributed by atoms with Gasteiger partial charge in [0.05, 0.1) is 6.04 Å². The molecule has 0 spiro atoms. The van der Waals surface area contributed by atoms with Gasteiger partial charge in [-0.25, -0.2) is 12.8 Å². The summed E-state index contributed by atoms with van der Waals surface area (Å²) in [4.78, 5) is 16.3. The molecule has 1 amide bonds. The highest BCUT2D eigenvalue weighted by molar-refractivity contribution is 7.89. The fourth-order valence-electron chi connectivity index (χ4n) is 3.36. The van der Waals surface area contributed by atoms with Gasteiger partial charge in [-0.3, -0.25) is 4.79 Å². The van der Waals surface area contributed by atoms with E-state index in [1.807, 2.05) is 0 Å². The molecule has 0 radical (unpaired) electrons. The van der Waals surface area contributed by atoms with Crippen LogP contribution in [0.2, 0.25) is 0 Å². The van der Waals surface area contributed by atoms with Crippen LogP contribution in [0.1, 0.15) is 69.6 Å². The zero-order valence-electron chi connectivity index (χ0n) is 16.4. The highest BCUT2D eigenvalue weighted by atomic mass is 32.2. The quantitative estimate of drug-likeness (QED) is 0.706. The molecular formula is C19H25FN4O4S. The lowest BCUT2D eigenvalue weighted by Gasteiger charge is -2.18. The zero-order valence-corrected chi connectivity index (χ0v) is 17.2. The Bertz CT molecular complexity index is 957. The van der Waals surface area contributed by atoms with Gasteiger partial charge >= 0.3 is 0 Å². The molecule has 1 aromatic heterocycles. The molecule has 2 aromatic rings. The number of rotatable bonds is 7. The molecule has 158 valence electrons. The number of carbonyl (C=O) groups excluding carboxylic acids is 1. The highest BCUT2D eigenvalue weighted by Crippen LogP contribution is 2.31. The monoisotopic (exact) mass is 424 g/mol. The van der Waals surface area contributed by atoms with Crippen LogP contribution < -0.4 is 10.0 Å². The lowest BCUT2D eigenvalue weighted by molar-refractivity contribution is -0.123. The standard InChI is InChI=1S/C19H25FN4O4S/c1-12(24-29(26,27)16-11-7-6-10-15(16)20)18(25)21-13(2)19-22-17(23-28-19)14-8-4-3-5-9-14/h6-7,10-14,24H,3-5,8-9H2,1-2H3,(H,21,25)/t12-,13+/m0/s1. The largest absolute Gasteiger partial charge is 0.343 e. The van der Waals surface area contributed by atoms with Gasteiger partial charge in [-0.15, -0.1) is 0 Å². The van der Waals surface area contributed by atoms with E-state index in [-0.39, 0.29) is 11.8 Å². The van der Waals surface area contributed by atoms with Crippen molar-refractivity contribution >= 4 is 15.9 Å². The molecule has 8 nitrogen and oxygen atoms in total. The summed E-state index contributed by atoms with van der Waals surface area (Å²) in [5.74, 6) is -0.287. The minimum atomic E-state index is -4.18. The van der Waals surface area contributed by atoms with Gasteiger partial charge in [-0.2, -0.15) is 9.71 Å². The molecule has 0 unspecified atom stereocenters. The van der Waals surface area contributed by atoms with E-state index in [1.165, 1.54) is 25.5 Å². The minimum absolute atomic E-state index is 0.267. The lowest BCUT2D eigenvalue weighted by Crippen LogP contribution is -2.45. The summed E-state index contributed by atoms with van der Waals surface area (Å²) in [6, 6.07) is 3.26. The molecule has 0 bridgehead atoms. The van der Waals surface area contributed by atoms with Gasteiger partial charge in [-0.05, 0) is 38.8 Å². The van der Waals surface area contributed by atoms with Crippen molar-refractivity contribution in [2.24, 2.45) is 0 Å². The van der Waals surface area contributed by atoms with Crippen molar-refractivity contribution in [1.29, 1.82) is 0 Å². The second-order valence-electron chi connectivity index (χ2n) is 7.33. The molecule has 1 aromatic carbocycles. The van der Waals surface area contributed by atoms with Gasteiger partial charge in [0.15, 0.2) is 5.82 Å². The molecule has 2 N–H and O–H groups in total. The minimum Gasteiger partial charge on any atom is -0.343 e. The maximum Gasteiger partial charge on any atom is 0.248 e. The predicted molar refractivity (Wildman–Crippen MR) is 103 cm³/mol. The fraction of sp³-hybridized carbons (Fsp3) is 0.526. The summed E-state index contributed by atoms with van der Waals surface area (Å²) in [5, 5.41) is 6.68. The molecule has 2 atom stereocenters. The van der Waals surface area contributed by atoms with E-state index in [0.717, 1.165) is 37.8 Å². The summed E-state index contributed by atoms with van der Waals surface area (Å²) >= 11 is 0. The van der Waals surface area contributed by atoms with Crippen LogP contribution in [0.25, 0.3) is 0 Å². The maximum absolute atomic E-state index is 13.8. The molecule has 29 heavy (non-hydrogen) atoms. The van der Waals surface area contributed by atoms with E-state index >= 15 is 0 Å². The van der Waals surface area contributed by atoms with E-state index in [4.69, 9.17) is 4.52 Å². The summed E-state index contributed by atoms with van der Waals surface area (Å²) in [5.41, 5.74) is 0. The van der Waals surface area contributed by atoms with E-state index in [1.54, 1.807) is 6.92 Å². The Kier molecular flexibility index (Phi) is 6.63. The molecule has 0 aliphatic heterocycles. The summed E-state index contributed by atoms with van der Waals surface area (Å²) in [6.07, 6.45) is 5.54. The predicted octanol–water partition coefficient (Wildman–Crippen LogP) is 2.80. The van der Waals surface area contributed by atoms with Crippen LogP contribution in [0.4, 0.5) is 4.39 Å². The molecular weight excluding hydrogens is 399 g/mol. The van der Waals surface area contributed by atoms with Crippen molar-refractivity contribution in [2.45, 2.75) is 68.8 Å². The van der Waals surface area contributed by atoms with Gasteiger partial charge in [0, 0.05) is 5.92 Å². The second kappa shape index (κ2) is 9.00. The first kappa shape index (κ1) is 21.4. The van der Waals surface area contributed by atoms with E-state index in [2.05, 4.69) is 20.2 Å². The molecule has 3 rings (SSSR count). The van der Waals surface area contributed by atoms with Crippen LogP contribution in [-0.4, -0.2) is 30.5 Å². The fourth-order valence-corrected chi connectivity index (χ4v) is 4.64. The van der Waals surface area contributed by atoms with Crippen molar-refractivity contribution in [1.82, 2.24) is 20.2 Å². The van der Waals surface area contributed by atoms with Crippen LogP contribution in [-0.2, 0) is 14.8 Å². The number of hydrogen-bond donors (Lipinski definition) is 2. The Balaban J connectivity index is 1.60. The van der Waals surface area contributed by atoms with Crippen LogP contribution in [0, 0.1) is 5.82 Å². The third-order valence-corrected chi connectivity index (χ3v) is 6.58. The Hall–Kier alpha value is -2.33. The Morgan fingerprint density at radius 3 is 2.59 bits per heavy atom. The summed E-state index contributed by atoms with van der Waals surface area (Å²) < 4.78 is 45.9. The van der Waals surface area contributed by atoms with Crippen LogP contribution >= 0.6 is 0 Å². The normalized spacial score (nSPS) is 17.6. The van der Waals surface area contributed by atoms with Crippen molar-refractivity contribution in [3.05, 3.63) is 41.8 Å². The number of nitrogens with one attached hydrogen (secondary N) is 2. The summed E-state index contributed by atoms with van der Waals surface area (Å²) in [6.45, 7) is 3.05. The van der Waals surface area contributed by atoms with E-state index in [9.17, 15) is 17.6 Å². The smallest absolute Gasteiger partial charge is 0.248 e. The molecule has 1 aliphatic carbocycles. The molecule has 0 saturated heterocycles. The van der Waals surface area contributed by atoms with Gasteiger partial charge in [-0.1, -0.05) is 36.6 Å². The van der Waals surface area contributed by atoms with Crippen LogP contribution in [0.15, 0.2) is 33.7 Å². The average molecular weight is 424 g/mol. The van der Waals surface area contributed by atoms with Gasteiger partial charge in [0.2, 0.25) is 21.8 Å². The Morgan fingerprint density at radius 2 is 1.90 bits per heavy atom. The topological polar surface area (TPSA) is 114 Å². The van der Waals surface area contributed by atoms with Gasteiger partial charge < -0.3 is 9.84 Å². The first-order valence-electron chi connectivity index (χ1n) is 9.68. The van der Waals surface area contributed by atoms with E-state index < -0.39 is 38.7 Å². The van der Waals surface area contributed by atoms with Crippen molar-refractivity contribution in [3.63, 3.8) is 0 Å². The number of halogens is 1. The lowest BCUT2D eigenvalue weighted by atomic mass is 9.89. The SMILES string of the molecule is C[C@H](NS(=O)(=O)c1ccccc1F)C(=O)N[C@H](C)c1nc(C2CCCCC2)no1. The van der Waals surface area contributed by atoms with Crippen molar-refractivity contribution in [3.8, 4) is 0 Å². The van der Waals surface area contributed by atoms with E-state index in [0.29, 0.717) is 5.82 Å². The number of hydrogen-bond acceptors (Lipinski definition) is 6. The molecule has 10 heteroatoms. The van der Waals surface area contributed by atoms with Crippen molar-refractivity contribution < 1.29 is 22.1 Å². The third kappa shape index (κ3) is 5.18. The number of benzene rings is 1. The number of carbonyl (C=O) groups is 1. The molecule has 1 saturated carbocycles. The van der Waals surface area contributed by atoms with Gasteiger partial charge in [0.1, 0.15) is 16.8 Å². The first-order valence-corrected chi connectivity index (χ1v) is 11.2. The van der Waals surface area contributed by atoms with Crippen LogP contribution in [0.3, 0.4) is 0 Å². The second-order valence-corrected chi connectivity index (χ2v) is 9.01. The molecule has 1 fully saturated rings. The maximum atomic E-state index is 13.8. The Labute approximate surface area is 169 Å². The molecule has 1 heterocycles. The number of amides is 1. The summed E-state index contributed by atoms with van der Waals surface area (Å²) in [7, 11) is -4.18. The van der Waals surface area contributed by atoms with Gasteiger partial charge in [0.25, 0.3) is 0 Å². The highest BCUT2D eigenvalue weighted by Gasteiger charge is 2.27. The zero-order chi connectivity index (χ0) is 21.0. The number of sulfonamides is 1.